The van der Waals surface area contributed by atoms with Crippen molar-refractivity contribution in [2.45, 2.75) is 6.54 Å². The van der Waals surface area contributed by atoms with Crippen LogP contribution in [-0.4, -0.2) is 19.1 Å². The van der Waals surface area contributed by atoms with Crippen molar-refractivity contribution in [2.75, 3.05) is 19.5 Å². The first-order chi connectivity index (χ1) is 10.2. The van der Waals surface area contributed by atoms with Gasteiger partial charge >= 0.3 is 0 Å². The Morgan fingerprint density at radius 2 is 1.90 bits per heavy atom. The highest BCUT2D eigenvalue weighted by Gasteiger charge is 2.12. The SMILES string of the molecule is COc1ccc(CNc2ccccc2[N+](=O)[O-])c(OC)c1. The average Bonchev–Trinajstić information content (AvgIpc) is 2.52. The monoisotopic (exact) mass is 288 g/mol. The van der Waals surface area contributed by atoms with Gasteiger partial charge in [0.2, 0.25) is 0 Å². The Balaban J connectivity index is 2.19. The Hall–Kier alpha value is -2.76. The van der Waals surface area contributed by atoms with Crippen molar-refractivity contribution >= 4 is 11.4 Å². The van der Waals surface area contributed by atoms with Gasteiger partial charge in [-0.1, -0.05) is 12.1 Å². The number of benzene rings is 2. The number of hydrogen-bond acceptors (Lipinski definition) is 5. The lowest BCUT2D eigenvalue weighted by Gasteiger charge is -2.12. The summed E-state index contributed by atoms with van der Waals surface area (Å²) >= 11 is 0. The number of hydrogen-bond donors (Lipinski definition) is 1. The first-order valence-electron chi connectivity index (χ1n) is 6.34. The summed E-state index contributed by atoms with van der Waals surface area (Å²) in [6.45, 7) is 0.415. The van der Waals surface area contributed by atoms with Gasteiger partial charge in [-0.3, -0.25) is 10.1 Å². The zero-order valence-electron chi connectivity index (χ0n) is 11.8. The van der Waals surface area contributed by atoms with Gasteiger partial charge in [-0.15, -0.1) is 0 Å². The highest BCUT2D eigenvalue weighted by atomic mass is 16.6. The summed E-state index contributed by atoms with van der Waals surface area (Å²) in [6, 6.07) is 12.0. The fourth-order valence-electron chi connectivity index (χ4n) is 1.97. The van der Waals surface area contributed by atoms with Crippen LogP contribution in [0.15, 0.2) is 42.5 Å². The Kier molecular flexibility index (Phi) is 4.61. The van der Waals surface area contributed by atoms with Crippen LogP contribution in [0.5, 0.6) is 11.5 Å². The molecule has 21 heavy (non-hydrogen) atoms. The van der Waals surface area contributed by atoms with E-state index in [9.17, 15) is 10.1 Å². The van der Waals surface area contributed by atoms with E-state index in [1.54, 1.807) is 38.5 Å². The van der Waals surface area contributed by atoms with E-state index in [1.807, 2.05) is 12.1 Å². The van der Waals surface area contributed by atoms with Crippen LogP contribution in [0.1, 0.15) is 5.56 Å². The van der Waals surface area contributed by atoms with Gasteiger partial charge < -0.3 is 14.8 Å². The lowest BCUT2D eigenvalue weighted by molar-refractivity contribution is -0.384. The van der Waals surface area contributed by atoms with E-state index in [0.717, 1.165) is 5.56 Å². The molecule has 0 unspecified atom stereocenters. The minimum absolute atomic E-state index is 0.0463. The second kappa shape index (κ2) is 6.60. The predicted octanol–water partition coefficient (Wildman–Crippen LogP) is 3.22. The van der Waals surface area contributed by atoms with E-state index in [-0.39, 0.29) is 5.69 Å². The number of nitro benzene ring substituents is 1. The number of methoxy groups -OCH3 is 2. The van der Waals surface area contributed by atoms with Gasteiger partial charge in [-0.05, 0) is 18.2 Å². The van der Waals surface area contributed by atoms with Crippen molar-refractivity contribution in [3.05, 3.63) is 58.1 Å². The van der Waals surface area contributed by atoms with E-state index in [1.165, 1.54) is 6.07 Å². The largest absolute Gasteiger partial charge is 0.497 e. The molecule has 110 valence electrons. The average molecular weight is 288 g/mol. The standard InChI is InChI=1S/C15H16N2O4/c1-20-12-8-7-11(15(9-12)21-2)10-16-13-5-3-4-6-14(13)17(18)19/h3-9,16H,10H2,1-2H3. The second-order valence-corrected chi connectivity index (χ2v) is 4.31. The summed E-state index contributed by atoms with van der Waals surface area (Å²) in [5, 5.41) is 14.0. The van der Waals surface area contributed by atoms with E-state index in [0.29, 0.717) is 23.7 Å². The van der Waals surface area contributed by atoms with E-state index < -0.39 is 4.92 Å². The number of anilines is 1. The zero-order valence-corrected chi connectivity index (χ0v) is 11.8. The molecule has 0 saturated heterocycles. The summed E-state index contributed by atoms with van der Waals surface area (Å²) in [5.74, 6) is 1.36. The van der Waals surface area contributed by atoms with Crippen LogP contribution in [0.2, 0.25) is 0 Å². The van der Waals surface area contributed by atoms with Crippen LogP contribution in [-0.2, 0) is 6.54 Å². The predicted molar refractivity (Wildman–Crippen MR) is 80.0 cm³/mol. The maximum atomic E-state index is 11.0. The molecule has 2 rings (SSSR count). The summed E-state index contributed by atoms with van der Waals surface area (Å²) in [7, 11) is 3.16. The number of nitrogens with zero attached hydrogens (tertiary/aromatic N) is 1. The number of nitrogens with one attached hydrogen (secondary N) is 1. The zero-order chi connectivity index (χ0) is 15.2. The molecule has 0 aliphatic rings. The van der Waals surface area contributed by atoms with Crippen LogP contribution in [0.4, 0.5) is 11.4 Å². The molecule has 0 fully saturated rings. The molecule has 0 aliphatic heterocycles. The highest BCUT2D eigenvalue weighted by molar-refractivity contribution is 5.61. The maximum absolute atomic E-state index is 11.0. The third kappa shape index (κ3) is 3.42. The minimum Gasteiger partial charge on any atom is -0.497 e. The van der Waals surface area contributed by atoms with Gasteiger partial charge in [-0.2, -0.15) is 0 Å². The fourth-order valence-corrected chi connectivity index (χ4v) is 1.97. The lowest BCUT2D eigenvalue weighted by Crippen LogP contribution is -2.04. The molecule has 0 radical (unpaired) electrons. The molecule has 0 saturated carbocycles. The molecule has 0 heterocycles. The molecule has 1 N–H and O–H groups in total. The maximum Gasteiger partial charge on any atom is 0.292 e. The van der Waals surface area contributed by atoms with Crippen molar-refractivity contribution in [2.24, 2.45) is 0 Å². The first-order valence-corrected chi connectivity index (χ1v) is 6.34. The van der Waals surface area contributed by atoms with E-state index >= 15 is 0 Å². The highest BCUT2D eigenvalue weighted by Crippen LogP contribution is 2.27. The molecule has 0 bridgehead atoms. The van der Waals surface area contributed by atoms with Gasteiger partial charge in [0.15, 0.2) is 0 Å². The molecule has 2 aromatic carbocycles. The van der Waals surface area contributed by atoms with Crippen molar-refractivity contribution in [1.82, 2.24) is 0 Å². The molecule has 6 nitrogen and oxygen atoms in total. The number of nitro groups is 1. The normalized spacial score (nSPS) is 10.0. The Labute approximate surface area is 122 Å². The summed E-state index contributed by atoms with van der Waals surface area (Å²) in [6.07, 6.45) is 0. The molecule has 0 aliphatic carbocycles. The van der Waals surface area contributed by atoms with Crippen LogP contribution in [0.3, 0.4) is 0 Å². The van der Waals surface area contributed by atoms with Gasteiger partial charge in [0, 0.05) is 24.2 Å². The third-order valence-electron chi connectivity index (χ3n) is 3.06. The Morgan fingerprint density at radius 1 is 1.14 bits per heavy atom. The third-order valence-corrected chi connectivity index (χ3v) is 3.06. The number of ether oxygens (including phenoxy) is 2. The number of para-hydroxylation sites is 2. The van der Waals surface area contributed by atoms with Crippen LogP contribution in [0, 0.1) is 10.1 Å². The first kappa shape index (κ1) is 14.6. The Morgan fingerprint density at radius 3 is 2.57 bits per heavy atom. The summed E-state index contributed by atoms with van der Waals surface area (Å²) in [5.41, 5.74) is 1.40. The van der Waals surface area contributed by atoms with Crippen LogP contribution < -0.4 is 14.8 Å². The molecule has 0 atom stereocenters. The smallest absolute Gasteiger partial charge is 0.292 e. The van der Waals surface area contributed by atoms with Gasteiger partial charge in [0.05, 0.1) is 19.1 Å². The second-order valence-electron chi connectivity index (χ2n) is 4.31. The van der Waals surface area contributed by atoms with Crippen molar-refractivity contribution in [1.29, 1.82) is 0 Å². The summed E-state index contributed by atoms with van der Waals surface area (Å²) in [4.78, 5) is 10.6. The molecular formula is C15H16N2O4. The van der Waals surface area contributed by atoms with E-state index in [2.05, 4.69) is 5.32 Å². The summed E-state index contributed by atoms with van der Waals surface area (Å²) < 4.78 is 10.4. The molecular weight excluding hydrogens is 272 g/mol. The quantitative estimate of drug-likeness (QED) is 0.652. The molecule has 6 heteroatoms. The molecule has 2 aromatic rings. The van der Waals surface area contributed by atoms with Crippen LogP contribution >= 0.6 is 0 Å². The van der Waals surface area contributed by atoms with E-state index in [4.69, 9.17) is 9.47 Å². The fraction of sp³-hybridized carbons (Fsp3) is 0.200. The lowest BCUT2D eigenvalue weighted by atomic mass is 10.1. The molecule has 0 aromatic heterocycles. The van der Waals surface area contributed by atoms with Crippen molar-refractivity contribution < 1.29 is 14.4 Å². The van der Waals surface area contributed by atoms with Gasteiger partial charge in [-0.25, -0.2) is 0 Å². The van der Waals surface area contributed by atoms with Gasteiger partial charge in [0.25, 0.3) is 5.69 Å². The van der Waals surface area contributed by atoms with Gasteiger partial charge in [0.1, 0.15) is 17.2 Å². The Bertz CT molecular complexity index is 643. The molecule has 0 spiro atoms. The minimum atomic E-state index is -0.409. The molecule has 0 amide bonds. The number of rotatable bonds is 6. The van der Waals surface area contributed by atoms with Crippen LogP contribution in [0.25, 0.3) is 0 Å². The van der Waals surface area contributed by atoms with Crippen molar-refractivity contribution in [3.8, 4) is 11.5 Å². The topological polar surface area (TPSA) is 73.6 Å². The van der Waals surface area contributed by atoms with Crippen molar-refractivity contribution in [3.63, 3.8) is 0 Å².